The summed E-state index contributed by atoms with van der Waals surface area (Å²) < 4.78 is 0. The molecule has 3 amide bonds. The second kappa shape index (κ2) is 5.73. The number of imide groups is 1. The Hall–Kier alpha value is -3.03. The summed E-state index contributed by atoms with van der Waals surface area (Å²) in [5.74, 6) is -0.384. The molecule has 0 radical (unpaired) electrons. The van der Waals surface area contributed by atoms with Gasteiger partial charge >= 0.3 is 0 Å². The van der Waals surface area contributed by atoms with E-state index in [0.29, 0.717) is 17.5 Å². The molecule has 2 saturated carbocycles. The molecule has 1 aliphatic heterocycles. The number of carbonyl (C=O) groups excluding carboxylic acids is 3. The molecule has 8 heteroatoms. The zero-order chi connectivity index (χ0) is 19.7. The summed E-state index contributed by atoms with van der Waals surface area (Å²) in [6.07, 6.45) is 5.28. The van der Waals surface area contributed by atoms with E-state index >= 15 is 0 Å². The van der Waals surface area contributed by atoms with Gasteiger partial charge in [-0.25, -0.2) is 0 Å². The number of amides is 3. The van der Waals surface area contributed by atoms with Crippen molar-refractivity contribution in [1.82, 2.24) is 4.90 Å². The van der Waals surface area contributed by atoms with Crippen LogP contribution in [0.3, 0.4) is 0 Å². The van der Waals surface area contributed by atoms with Crippen LogP contribution >= 0.6 is 0 Å². The quantitative estimate of drug-likeness (QED) is 0.371. The van der Waals surface area contributed by atoms with Crippen molar-refractivity contribution in [2.24, 2.45) is 35.5 Å². The summed E-state index contributed by atoms with van der Waals surface area (Å²) in [7, 11) is 0. The number of rotatable bonds is 4. The Bertz CT molecular complexity index is 904. The number of carbonyl (C=O) groups is 3. The third-order valence-corrected chi connectivity index (χ3v) is 6.81. The predicted molar refractivity (Wildman–Crippen MR) is 97.7 cm³/mol. The fraction of sp³-hybridized carbons (Fsp3) is 0.450. The largest absolute Gasteiger partial charge is 0.324 e. The molecular formula is C20H19N3O5. The molecule has 1 aromatic rings. The molecule has 0 spiro atoms. The Morgan fingerprint density at radius 2 is 1.64 bits per heavy atom. The molecule has 144 valence electrons. The Kier molecular flexibility index (Phi) is 3.50. The Morgan fingerprint density at radius 3 is 2.14 bits per heavy atom. The third-order valence-electron chi connectivity index (χ3n) is 6.81. The number of nitro benzene ring substituents is 1. The van der Waals surface area contributed by atoms with Gasteiger partial charge in [-0.15, -0.1) is 0 Å². The fourth-order valence-electron chi connectivity index (χ4n) is 5.39. The minimum absolute atomic E-state index is 0.0819. The highest BCUT2D eigenvalue weighted by Crippen LogP contribution is 2.65. The van der Waals surface area contributed by atoms with Crippen molar-refractivity contribution >= 4 is 29.1 Å². The van der Waals surface area contributed by atoms with Gasteiger partial charge in [0.25, 0.3) is 5.69 Å². The highest BCUT2D eigenvalue weighted by Gasteiger charge is 2.67. The lowest BCUT2D eigenvalue weighted by Crippen LogP contribution is -2.46. The Labute approximate surface area is 160 Å². The van der Waals surface area contributed by atoms with Crippen LogP contribution < -0.4 is 5.32 Å². The minimum atomic E-state index is -0.934. The van der Waals surface area contributed by atoms with Crippen molar-refractivity contribution in [1.29, 1.82) is 0 Å². The molecule has 1 N–H and O–H groups in total. The molecule has 8 nitrogen and oxygen atoms in total. The first-order valence-electron chi connectivity index (χ1n) is 9.49. The van der Waals surface area contributed by atoms with Crippen molar-refractivity contribution in [2.45, 2.75) is 19.4 Å². The molecule has 28 heavy (non-hydrogen) atoms. The van der Waals surface area contributed by atoms with Gasteiger partial charge in [0.1, 0.15) is 6.04 Å². The highest BCUT2D eigenvalue weighted by atomic mass is 16.6. The van der Waals surface area contributed by atoms with Gasteiger partial charge < -0.3 is 5.32 Å². The van der Waals surface area contributed by atoms with Crippen molar-refractivity contribution in [3.63, 3.8) is 0 Å². The molecule has 0 aromatic heterocycles. The molecule has 6 rings (SSSR count). The summed E-state index contributed by atoms with van der Waals surface area (Å²) in [6.45, 7) is 1.55. The summed E-state index contributed by atoms with van der Waals surface area (Å²) >= 11 is 0. The van der Waals surface area contributed by atoms with Crippen LogP contribution in [0.1, 0.15) is 13.3 Å². The van der Waals surface area contributed by atoms with Crippen LogP contribution in [0, 0.1) is 45.6 Å². The van der Waals surface area contributed by atoms with Crippen molar-refractivity contribution in [3.8, 4) is 0 Å². The Morgan fingerprint density at radius 1 is 1.11 bits per heavy atom. The van der Waals surface area contributed by atoms with Crippen molar-refractivity contribution in [3.05, 3.63) is 46.5 Å². The molecule has 1 aromatic carbocycles. The zero-order valence-corrected chi connectivity index (χ0v) is 15.1. The lowest BCUT2D eigenvalue weighted by Gasteiger charge is -2.37. The monoisotopic (exact) mass is 381 g/mol. The Balaban J connectivity index is 1.33. The first-order chi connectivity index (χ1) is 13.4. The van der Waals surface area contributed by atoms with Gasteiger partial charge in [0, 0.05) is 17.8 Å². The number of nitrogens with zero attached hydrogens (tertiary/aromatic N) is 2. The van der Waals surface area contributed by atoms with E-state index in [9.17, 15) is 24.5 Å². The molecular weight excluding hydrogens is 362 g/mol. The van der Waals surface area contributed by atoms with E-state index in [1.165, 1.54) is 24.3 Å². The van der Waals surface area contributed by atoms with Crippen LogP contribution in [0.2, 0.25) is 0 Å². The minimum Gasteiger partial charge on any atom is -0.324 e. The number of benzene rings is 1. The van der Waals surface area contributed by atoms with Gasteiger partial charge in [-0.2, -0.15) is 0 Å². The SMILES string of the molecule is C[C@H](C(=O)Nc1ccc([N+](=O)[O-])cc1)N1C(=O)[C@@H]2[C@H]3C=C[C@@H]([C@@H]4C[C@@H]34)[C@H]2C1=O. The summed E-state index contributed by atoms with van der Waals surface area (Å²) in [5, 5.41) is 13.4. The highest BCUT2D eigenvalue weighted by molar-refractivity contribution is 6.10. The number of hydrogen-bond donors (Lipinski definition) is 1. The van der Waals surface area contributed by atoms with E-state index in [4.69, 9.17) is 0 Å². The topological polar surface area (TPSA) is 110 Å². The van der Waals surface area contributed by atoms with E-state index in [0.717, 1.165) is 11.3 Å². The third kappa shape index (κ3) is 2.26. The molecule has 2 bridgehead atoms. The lowest BCUT2D eigenvalue weighted by atomic mass is 9.63. The average Bonchev–Trinajstić information content (AvgIpc) is 3.45. The fourth-order valence-corrected chi connectivity index (χ4v) is 5.39. The molecule has 4 aliphatic carbocycles. The first kappa shape index (κ1) is 17.1. The molecule has 7 atom stereocenters. The molecule has 3 fully saturated rings. The van der Waals surface area contributed by atoms with Gasteiger partial charge in [0.2, 0.25) is 17.7 Å². The lowest BCUT2D eigenvalue weighted by molar-refractivity contribution is -0.384. The second-order valence-electron chi connectivity index (χ2n) is 8.17. The van der Waals surface area contributed by atoms with Crippen LogP contribution in [0.4, 0.5) is 11.4 Å². The zero-order valence-electron chi connectivity index (χ0n) is 15.1. The molecule has 0 unspecified atom stereocenters. The normalized spacial score (nSPS) is 35.4. The van der Waals surface area contributed by atoms with Gasteiger partial charge in [0.05, 0.1) is 16.8 Å². The van der Waals surface area contributed by atoms with Crippen LogP contribution in [0.5, 0.6) is 0 Å². The smallest absolute Gasteiger partial charge is 0.269 e. The van der Waals surface area contributed by atoms with Gasteiger partial charge in [-0.1, -0.05) is 12.2 Å². The summed E-state index contributed by atoms with van der Waals surface area (Å²) in [4.78, 5) is 50.1. The van der Waals surface area contributed by atoms with Crippen molar-refractivity contribution < 1.29 is 19.3 Å². The number of nitro groups is 1. The van der Waals surface area contributed by atoms with E-state index in [1.807, 2.05) is 0 Å². The standard InChI is InChI=1S/C20H19N3O5/c1-9(18(24)21-10-2-4-11(5-3-10)23(27)28)22-19(25)16-12-6-7-13(15-8-14(12)15)17(16)20(22)26/h2-7,9,12-17H,8H2,1H3,(H,21,24)/t9-,12+,13+,14+,15+,16-,17-/m1/s1. The number of likely N-dealkylation sites (tertiary alicyclic amines) is 1. The van der Waals surface area contributed by atoms with E-state index in [2.05, 4.69) is 17.5 Å². The maximum atomic E-state index is 13.0. The maximum absolute atomic E-state index is 13.0. The number of hydrogen-bond acceptors (Lipinski definition) is 5. The van der Waals surface area contributed by atoms with Gasteiger partial charge in [-0.3, -0.25) is 29.4 Å². The molecule has 1 heterocycles. The van der Waals surface area contributed by atoms with Gasteiger partial charge in [0.15, 0.2) is 0 Å². The van der Waals surface area contributed by atoms with E-state index in [-0.39, 0.29) is 41.2 Å². The van der Waals surface area contributed by atoms with Gasteiger partial charge in [-0.05, 0) is 49.1 Å². The van der Waals surface area contributed by atoms with Crippen LogP contribution in [0.25, 0.3) is 0 Å². The molecule has 5 aliphatic rings. The van der Waals surface area contributed by atoms with Crippen molar-refractivity contribution in [2.75, 3.05) is 5.32 Å². The first-order valence-corrected chi connectivity index (χ1v) is 9.49. The van der Waals surface area contributed by atoms with Crippen LogP contribution in [-0.2, 0) is 14.4 Å². The summed E-state index contributed by atoms with van der Waals surface area (Å²) in [6, 6.07) is 4.49. The van der Waals surface area contributed by atoms with Crippen LogP contribution in [0.15, 0.2) is 36.4 Å². The predicted octanol–water partition coefficient (Wildman–Crippen LogP) is 1.97. The second-order valence-corrected chi connectivity index (χ2v) is 8.17. The number of allylic oxidation sites excluding steroid dienone is 2. The maximum Gasteiger partial charge on any atom is 0.269 e. The number of anilines is 1. The summed E-state index contributed by atoms with van der Waals surface area (Å²) in [5.41, 5.74) is 0.295. The van der Waals surface area contributed by atoms with E-state index in [1.54, 1.807) is 6.92 Å². The average molecular weight is 381 g/mol. The van der Waals surface area contributed by atoms with Crippen LogP contribution in [-0.4, -0.2) is 33.6 Å². The number of non-ortho nitro benzene ring substituents is 1. The van der Waals surface area contributed by atoms with E-state index < -0.39 is 16.9 Å². The molecule has 1 saturated heterocycles. The number of nitrogens with one attached hydrogen (secondary N) is 1.